The third-order valence-corrected chi connectivity index (χ3v) is 2.64. The van der Waals surface area contributed by atoms with Crippen LogP contribution in [0, 0.1) is 5.82 Å². The average Bonchev–Trinajstić information content (AvgIpc) is 2.47. The van der Waals surface area contributed by atoms with Gasteiger partial charge in [0.1, 0.15) is 12.4 Å². The number of nitrogens with zero attached hydrogens (tertiary/aromatic N) is 1. The molecule has 0 bridgehead atoms. The number of nitrogens with two attached hydrogens (primary N) is 1. The largest absolute Gasteiger partial charge is 0.481 e. The Morgan fingerprint density at radius 3 is 2.90 bits per heavy atom. The summed E-state index contributed by atoms with van der Waals surface area (Å²) in [7, 11) is 1.48. The summed E-state index contributed by atoms with van der Waals surface area (Å²) in [6.07, 6.45) is 1.57. The monoisotopic (exact) mass is 276 g/mol. The molecular weight excluding hydrogens is 263 g/mol. The molecule has 104 valence electrons. The van der Waals surface area contributed by atoms with Crippen LogP contribution in [0.4, 0.5) is 10.1 Å². The van der Waals surface area contributed by atoms with Crippen LogP contribution < -0.4 is 10.5 Å². The summed E-state index contributed by atoms with van der Waals surface area (Å²) < 4.78 is 23.4. The Hall–Kier alpha value is -2.63. The Bertz CT molecular complexity index is 632. The van der Waals surface area contributed by atoms with E-state index in [2.05, 4.69) is 4.98 Å². The number of anilines is 1. The lowest BCUT2D eigenvalue weighted by Gasteiger charge is -2.08. The maximum Gasteiger partial charge on any atom is 0.338 e. The fourth-order valence-corrected chi connectivity index (χ4v) is 1.60. The molecule has 1 aromatic heterocycles. The predicted octanol–water partition coefficient (Wildman–Crippen LogP) is 2.17. The number of carbonyl (C=O) groups excluding carboxylic acids is 1. The number of benzene rings is 1. The summed E-state index contributed by atoms with van der Waals surface area (Å²) in [6, 6.07) is 7.19. The number of carbonyl (C=O) groups is 1. The molecule has 0 aliphatic rings. The summed E-state index contributed by atoms with van der Waals surface area (Å²) in [4.78, 5) is 15.8. The van der Waals surface area contributed by atoms with Gasteiger partial charge in [-0.3, -0.25) is 0 Å². The standard InChI is InChI=1S/C14H13FN2O3/c1-19-13-10(3-2-6-17-13)8-20-14(18)9-4-5-12(16)11(15)7-9/h2-7H,8,16H2,1H3. The van der Waals surface area contributed by atoms with Crippen LogP contribution in [0.5, 0.6) is 5.88 Å². The van der Waals surface area contributed by atoms with E-state index in [1.54, 1.807) is 18.3 Å². The normalized spacial score (nSPS) is 10.1. The van der Waals surface area contributed by atoms with E-state index in [1.807, 2.05) is 0 Å². The van der Waals surface area contributed by atoms with Crippen molar-refractivity contribution in [2.24, 2.45) is 0 Å². The number of pyridine rings is 1. The van der Waals surface area contributed by atoms with Crippen LogP contribution in [-0.4, -0.2) is 18.1 Å². The Morgan fingerprint density at radius 1 is 1.40 bits per heavy atom. The molecule has 2 N–H and O–H groups in total. The van der Waals surface area contributed by atoms with Gasteiger partial charge < -0.3 is 15.2 Å². The van der Waals surface area contributed by atoms with Crippen molar-refractivity contribution in [2.75, 3.05) is 12.8 Å². The van der Waals surface area contributed by atoms with Gasteiger partial charge in [-0.2, -0.15) is 0 Å². The van der Waals surface area contributed by atoms with Crippen molar-refractivity contribution < 1.29 is 18.7 Å². The van der Waals surface area contributed by atoms with Crippen molar-refractivity contribution in [3.63, 3.8) is 0 Å². The summed E-state index contributed by atoms with van der Waals surface area (Å²) in [5.74, 6) is -0.919. The van der Waals surface area contributed by atoms with Crippen molar-refractivity contribution in [2.45, 2.75) is 6.61 Å². The van der Waals surface area contributed by atoms with E-state index in [-0.39, 0.29) is 17.9 Å². The summed E-state index contributed by atoms with van der Waals surface area (Å²) in [5.41, 5.74) is 6.04. The summed E-state index contributed by atoms with van der Waals surface area (Å²) >= 11 is 0. The van der Waals surface area contributed by atoms with Gasteiger partial charge in [-0.25, -0.2) is 14.2 Å². The van der Waals surface area contributed by atoms with Crippen molar-refractivity contribution >= 4 is 11.7 Å². The molecular formula is C14H13FN2O3. The first-order valence-electron chi connectivity index (χ1n) is 5.82. The fraction of sp³-hybridized carbons (Fsp3) is 0.143. The van der Waals surface area contributed by atoms with Gasteiger partial charge in [0.25, 0.3) is 0 Å². The second-order valence-corrected chi connectivity index (χ2v) is 3.98. The molecule has 5 nitrogen and oxygen atoms in total. The SMILES string of the molecule is COc1ncccc1COC(=O)c1ccc(N)c(F)c1. The Balaban J connectivity index is 2.06. The van der Waals surface area contributed by atoms with Gasteiger partial charge in [0.2, 0.25) is 5.88 Å². The molecule has 0 aliphatic carbocycles. The van der Waals surface area contributed by atoms with Crippen LogP contribution >= 0.6 is 0 Å². The van der Waals surface area contributed by atoms with Gasteiger partial charge in [0.05, 0.1) is 23.9 Å². The number of hydrogen-bond acceptors (Lipinski definition) is 5. The van der Waals surface area contributed by atoms with Crippen molar-refractivity contribution in [3.8, 4) is 5.88 Å². The second-order valence-electron chi connectivity index (χ2n) is 3.98. The van der Waals surface area contributed by atoms with E-state index in [9.17, 15) is 9.18 Å². The Kier molecular flexibility index (Phi) is 4.14. The number of halogens is 1. The van der Waals surface area contributed by atoms with E-state index >= 15 is 0 Å². The Labute approximate surface area is 115 Å². The number of methoxy groups -OCH3 is 1. The minimum absolute atomic E-state index is 0.0121. The highest BCUT2D eigenvalue weighted by atomic mass is 19.1. The lowest BCUT2D eigenvalue weighted by atomic mass is 10.2. The zero-order chi connectivity index (χ0) is 14.5. The topological polar surface area (TPSA) is 74.4 Å². The van der Waals surface area contributed by atoms with Crippen LogP contribution in [0.1, 0.15) is 15.9 Å². The number of ether oxygens (including phenoxy) is 2. The van der Waals surface area contributed by atoms with Gasteiger partial charge in [-0.05, 0) is 30.3 Å². The quantitative estimate of drug-likeness (QED) is 0.684. The van der Waals surface area contributed by atoms with E-state index in [4.69, 9.17) is 15.2 Å². The molecule has 0 fully saturated rings. The smallest absolute Gasteiger partial charge is 0.338 e. The van der Waals surface area contributed by atoms with E-state index < -0.39 is 11.8 Å². The third kappa shape index (κ3) is 3.03. The zero-order valence-electron chi connectivity index (χ0n) is 10.8. The van der Waals surface area contributed by atoms with Gasteiger partial charge >= 0.3 is 5.97 Å². The fourth-order valence-electron chi connectivity index (χ4n) is 1.60. The predicted molar refractivity (Wildman–Crippen MR) is 70.7 cm³/mol. The molecule has 0 radical (unpaired) electrons. The highest BCUT2D eigenvalue weighted by molar-refractivity contribution is 5.89. The molecule has 6 heteroatoms. The average molecular weight is 276 g/mol. The van der Waals surface area contributed by atoms with E-state index in [0.717, 1.165) is 6.07 Å². The van der Waals surface area contributed by atoms with Crippen LogP contribution in [0.25, 0.3) is 0 Å². The van der Waals surface area contributed by atoms with Gasteiger partial charge in [0.15, 0.2) is 0 Å². The first kappa shape index (κ1) is 13.8. The second kappa shape index (κ2) is 6.01. The van der Waals surface area contributed by atoms with E-state index in [1.165, 1.54) is 19.2 Å². The number of aromatic nitrogens is 1. The molecule has 1 aromatic carbocycles. The molecule has 0 unspecified atom stereocenters. The molecule has 1 heterocycles. The first-order valence-corrected chi connectivity index (χ1v) is 5.82. The lowest BCUT2D eigenvalue weighted by Crippen LogP contribution is -2.07. The summed E-state index contributed by atoms with van der Waals surface area (Å²) in [5, 5.41) is 0. The number of rotatable bonds is 4. The maximum atomic E-state index is 13.3. The molecule has 0 saturated carbocycles. The van der Waals surface area contributed by atoms with Crippen molar-refractivity contribution in [1.82, 2.24) is 4.98 Å². The number of nitrogen functional groups attached to an aromatic ring is 1. The highest BCUT2D eigenvalue weighted by Gasteiger charge is 2.11. The zero-order valence-corrected chi connectivity index (χ0v) is 10.8. The molecule has 0 amide bonds. The third-order valence-electron chi connectivity index (χ3n) is 2.64. The lowest BCUT2D eigenvalue weighted by molar-refractivity contribution is 0.0469. The first-order chi connectivity index (χ1) is 9.61. The highest BCUT2D eigenvalue weighted by Crippen LogP contribution is 2.17. The molecule has 2 rings (SSSR count). The number of hydrogen-bond donors (Lipinski definition) is 1. The molecule has 0 spiro atoms. The van der Waals surface area contributed by atoms with Crippen molar-refractivity contribution in [1.29, 1.82) is 0 Å². The molecule has 2 aromatic rings. The minimum atomic E-state index is -0.654. The van der Waals surface area contributed by atoms with Crippen LogP contribution in [-0.2, 0) is 11.3 Å². The van der Waals surface area contributed by atoms with Gasteiger partial charge in [-0.15, -0.1) is 0 Å². The molecule has 0 saturated heterocycles. The maximum absolute atomic E-state index is 13.3. The van der Waals surface area contributed by atoms with Crippen LogP contribution in [0.2, 0.25) is 0 Å². The minimum Gasteiger partial charge on any atom is -0.481 e. The molecule has 20 heavy (non-hydrogen) atoms. The molecule has 0 atom stereocenters. The van der Waals surface area contributed by atoms with Crippen molar-refractivity contribution in [3.05, 3.63) is 53.5 Å². The van der Waals surface area contributed by atoms with Crippen LogP contribution in [0.3, 0.4) is 0 Å². The Morgan fingerprint density at radius 2 is 2.20 bits per heavy atom. The number of esters is 1. The van der Waals surface area contributed by atoms with Gasteiger partial charge in [-0.1, -0.05) is 0 Å². The van der Waals surface area contributed by atoms with Crippen LogP contribution in [0.15, 0.2) is 36.5 Å². The van der Waals surface area contributed by atoms with Gasteiger partial charge in [0, 0.05) is 6.20 Å². The molecule has 0 aliphatic heterocycles. The van der Waals surface area contributed by atoms with E-state index in [0.29, 0.717) is 11.4 Å². The summed E-state index contributed by atoms with van der Waals surface area (Å²) in [6.45, 7) is -0.0121.